The van der Waals surface area contributed by atoms with E-state index >= 15 is 0 Å². The van der Waals surface area contributed by atoms with Crippen LogP contribution in [0.1, 0.15) is 38.5 Å². The van der Waals surface area contributed by atoms with E-state index in [9.17, 15) is 8.42 Å². The molecule has 1 aliphatic heterocycles. The summed E-state index contributed by atoms with van der Waals surface area (Å²) < 4.78 is 28.8. The predicted molar refractivity (Wildman–Crippen MR) is 90.7 cm³/mol. The molecule has 1 saturated carbocycles. The third-order valence-corrected chi connectivity index (χ3v) is 8.34. The van der Waals surface area contributed by atoms with Crippen molar-refractivity contribution in [2.75, 3.05) is 13.1 Å². The van der Waals surface area contributed by atoms with E-state index in [2.05, 4.69) is 31.9 Å². The van der Waals surface area contributed by atoms with Crippen LogP contribution in [0.15, 0.2) is 32.0 Å². The topological polar surface area (TPSA) is 37.4 Å². The average Bonchev–Trinajstić information content (AvgIpc) is 2.90. The van der Waals surface area contributed by atoms with Gasteiger partial charge >= 0.3 is 0 Å². The summed E-state index contributed by atoms with van der Waals surface area (Å²) in [6, 6.07) is 5.30. The summed E-state index contributed by atoms with van der Waals surface area (Å²) in [6.07, 6.45) is 7.20. The Kier molecular flexibility index (Phi) is 4.52. The summed E-state index contributed by atoms with van der Waals surface area (Å²) in [7, 11) is -3.40. The van der Waals surface area contributed by atoms with Crippen LogP contribution < -0.4 is 0 Å². The molecule has 0 radical (unpaired) electrons. The minimum atomic E-state index is -3.40. The molecule has 1 spiro atoms. The summed E-state index contributed by atoms with van der Waals surface area (Å²) in [5.41, 5.74) is 0.431. The molecule has 1 aliphatic carbocycles. The zero-order chi connectivity index (χ0) is 15.1. The van der Waals surface area contributed by atoms with Crippen molar-refractivity contribution in [1.82, 2.24) is 4.31 Å². The Morgan fingerprint density at radius 1 is 1.00 bits per heavy atom. The number of hydrogen-bond donors (Lipinski definition) is 0. The largest absolute Gasteiger partial charge is 0.244 e. The zero-order valence-corrected chi connectivity index (χ0v) is 15.8. The molecule has 1 saturated heterocycles. The first-order valence-electron chi connectivity index (χ1n) is 7.38. The maximum atomic E-state index is 12.8. The molecule has 0 atom stereocenters. The van der Waals surface area contributed by atoms with Crippen molar-refractivity contribution in [2.24, 2.45) is 5.41 Å². The lowest BCUT2D eigenvalue weighted by Gasteiger charge is -2.38. The number of sulfonamides is 1. The van der Waals surface area contributed by atoms with Crippen molar-refractivity contribution < 1.29 is 8.42 Å². The van der Waals surface area contributed by atoms with Gasteiger partial charge in [-0.3, -0.25) is 0 Å². The number of benzene rings is 1. The van der Waals surface area contributed by atoms with Gasteiger partial charge in [0.05, 0.1) is 4.90 Å². The van der Waals surface area contributed by atoms with E-state index in [-0.39, 0.29) is 0 Å². The number of halogens is 2. The van der Waals surface area contributed by atoms with Crippen LogP contribution in [0, 0.1) is 5.41 Å². The Balaban J connectivity index is 1.82. The van der Waals surface area contributed by atoms with Gasteiger partial charge in [0.1, 0.15) is 0 Å². The number of piperidine rings is 1. The molecule has 0 aromatic heterocycles. The standard InChI is InChI=1S/C15H19Br2NO2S/c16-12-3-4-13(17)14(11-12)21(19,20)18-9-7-15(8-10-18)5-1-2-6-15/h3-4,11H,1-2,5-10H2. The van der Waals surface area contributed by atoms with Gasteiger partial charge < -0.3 is 0 Å². The highest BCUT2D eigenvalue weighted by Gasteiger charge is 2.40. The number of hydrogen-bond acceptors (Lipinski definition) is 2. The van der Waals surface area contributed by atoms with Crippen LogP contribution in [0.25, 0.3) is 0 Å². The highest BCUT2D eigenvalue weighted by Crippen LogP contribution is 2.47. The lowest BCUT2D eigenvalue weighted by atomic mass is 9.78. The van der Waals surface area contributed by atoms with Crippen LogP contribution in [-0.4, -0.2) is 25.8 Å². The van der Waals surface area contributed by atoms with Crippen molar-refractivity contribution in [1.29, 1.82) is 0 Å². The van der Waals surface area contributed by atoms with Gasteiger partial charge in [0.25, 0.3) is 0 Å². The Labute approximate surface area is 143 Å². The molecule has 3 nitrogen and oxygen atoms in total. The Morgan fingerprint density at radius 2 is 1.62 bits per heavy atom. The molecule has 1 heterocycles. The Morgan fingerprint density at radius 3 is 2.24 bits per heavy atom. The van der Waals surface area contributed by atoms with E-state index < -0.39 is 10.0 Å². The quantitative estimate of drug-likeness (QED) is 0.681. The van der Waals surface area contributed by atoms with Gasteiger partial charge in [-0.2, -0.15) is 4.31 Å². The predicted octanol–water partition coefficient (Wildman–Crippen LogP) is 4.56. The first kappa shape index (κ1) is 16.0. The van der Waals surface area contributed by atoms with E-state index in [1.165, 1.54) is 25.7 Å². The molecule has 1 aromatic rings. The minimum Gasteiger partial charge on any atom is -0.207 e. The van der Waals surface area contributed by atoms with E-state index in [0.717, 1.165) is 17.3 Å². The van der Waals surface area contributed by atoms with Crippen LogP contribution in [0.3, 0.4) is 0 Å². The minimum absolute atomic E-state index is 0.360. The normalized spacial score (nSPS) is 22.8. The molecule has 0 bridgehead atoms. The van der Waals surface area contributed by atoms with Crippen molar-refractivity contribution in [2.45, 2.75) is 43.4 Å². The monoisotopic (exact) mass is 435 g/mol. The van der Waals surface area contributed by atoms with E-state index in [1.54, 1.807) is 16.4 Å². The van der Waals surface area contributed by atoms with Crippen molar-refractivity contribution in [3.63, 3.8) is 0 Å². The molecule has 1 aromatic carbocycles. The number of rotatable bonds is 2. The summed E-state index contributed by atoms with van der Waals surface area (Å²) in [5, 5.41) is 0. The lowest BCUT2D eigenvalue weighted by Crippen LogP contribution is -2.42. The molecular weight excluding hydrogens is 418 g/mol. The Bertz CT molecular complexity index is 629. The van der Waals surface area contributed by atoms with Crippen LogP contribution in [0.2, 0.25) is 0 Å². The van der Waals surface area contributed by atoms with Gasteiger partial charge in [-0.05, 0) is 65.2 Å². The maximum Gasteiger partial charge on any atom is 0.244 e. The van der Waals surface area contributed by atoms with Gasteiger partial charge in [0.2, 0.25) is 10.0 Å². The molecule has 116 valence electrons. The smallest absolute Gasteiger partial charge is 0.207 e. The van der Waals surface area contributed by atoms with Gasteiger partial charge in [0.15, 0.2) is 0 Å². The molecule has 0 unspecified atom stereocenters. The van der Waals surface area contributed by atoms with Gasteiger partial charge in [0, 0.05) is 22.0 Å². The van der Waals surface area contributed by atoms with Gasteiger partial charge in [-0.15, -0.1) is 0 Å². The fourth-order valence-electron chi connectivity index (χ4n) is 3.64. The van der Waals surface area contributed by atoms with E-state index in [4.69, 9.17) is 0 Å². The Hall–Kier alpha value is 0.0900. The molecule has 0 N–H and O–H groups in total. The third kappa shape index (κ3) is 3.09. The molecule has 2 fully saturated rings. The molecule has 3 rings (SSSR count). The maximum absolute atomic E-state index is 12.8. The summed E-state index contributed by atoms with van der Waals surface area (Å²) in [6.45, 7) is 1.31. The summed E-state index contributed by atoms with van der Waals surface area (Å²) in [4.78, 5) is 0.360. The molecule has 2 aliphatic rings. The van der Waals surface area contributed by atoms with Gasteiger partial charge in [-0.1, -0.05) is 28.8 Å². The van der Waals surface area contributed by atoms with Crippen LogP contribution in [-0.2, 0) is 10.0 Å². The van der Waals surface area contributed by atoms with E-state index in [0.29, 0.717) is 27.9 Å². The second-order valence-electron chi connectivity index (χ2n) is 6.19. The summed E-state index contributed by atoms with van der Waals surface area (Å²) in [5.74, 6) is 0. The second-order valence-corrected chi connectivity index (χ2v) is 9.86. The molecule has 21 heavy (non-hydrogen) atoms. The molecule has 6 heteroatoms. The van der Waals surface area contributed by atoms with Crippen molar-refractivity contribution in [3.8, 4) is 0 Å². The highest BCUT2D eigenvalue weighted by molar-refractivity contribution is 9.11. The SMILES string of the molecule is O=S(=O)(c1cc(Br)ccc1Br)N1CCC2(CCCC2)CC1. The third-order valence-electron chi connectivity index (χ3n) is 4.96. The van der Waals surface area contributed by atoms with Crippen LogP contribution in [0.4, 0.5) is 0 Å². The highest BCUT2D eigenvalue weighted by atomic mass is 79.9. The van der Waals surface area contributed by atoms with Crippen molar-refractivity contribution in [3.05, 3.63) is 27.1 Å². The lowest BCUT2D eigenvalue weighted by molar-refractivity contribution is 0.160. The molecular formula is C15H19Br2NO2S. The average molecular weight is 437 g/mol. The summed E-state index contributed by atoms with van der Waals surface area (Å²) >= 11 is 6.72. The second kappa shape index (κ2) is 5.95. The van der Waals surface area contributed by atoms with E-state index in [1.807, 2.05) is 6.07 Å². The van der Waals surface area contributed by atoms with Crippen LogP contribution in [0.5, 0.6) is 0 Å². The first-order chi connectivity index (χ1) is 9.93. The fraction of sp³-hybridized carbons (Fsp3) is 0.600. The molecule has 0 amide bonds. The van der Waals surface area contributed by atoms with Crippen molar-refractivity contribution >= 4 is 41.9 Å². The first-order valence-corrected chi connectivity index (χ1v) is 10.4. The zero-order valence-electron chi connectivity index (χ0n) is 11.8. The van der Waals surface area contributed by atoms with Gasteiger partial charge in [-0.25, -0.2) is 8.42 Å². The number of nitrogens with zero attached hydrogens (tertiary/aromatic N) is 1. The fourth-order valence-corrected chi connectivity index (χ4v) is 6.54. The van der Waals surface area contributed by atoms with Crippen LogP contribution >= 0.6 is 31.9 Å².